The minimum Gasteiger partial charge on any atom is -0.493 e. The summed E-state index contributed by atoms with van der Waals surface area (Å²) in [5.74, 6) is 0.488. The zero-order valence-electron chi connectivity index (χ0n) is 80.0. The Kier molecular flexibility index (Phi) is 36.8. The Balaban J connectivity index is 0.000000260. The maximum absolute atomic E-state index is 11.2. The quantitative estimate of drug-likeness (QED) is 0.0273. The zero-order valence-corrected chi connectivity index (χ0v) is 80.0. The van der Waals surface area contributed by atoms with Gasteiger partial charge in [-0.1, -0.05) is 241 Å². The highest BCUT2D eigenvalue weighted by atomic mass is 16.5. The number of hydrogen-bond acceptors (Lipinski definition) is 16. The van der Waals surface area contributed by atoms with Crippen LogP contribution < -0.4 is 28.9 Å². The van der Waals surface area contributed by atoms with Crippen LogP contribution in [-0.4, -0.2) is 106 Å². The second-order valence-corrected chi connectivity index (χ2v) is 40.1. The summed E-state index contributed by atoms with van der Waals surface area (Å²) in [6.45, 7) is 51.9. The minimum atomic E-state index is -1.04. The van der Waals surface area contributed by atoms with Crippen molar-refractivity contribution < 1.29 is 53.5 Å². The van der Waals surface area contributed by atoms with Gasteiger partial charge in [-0.2, -0.15) is 9.59 Å². The van der Waals surface area contributed by atoms with E-state index in [1.807, 2.05) is 42.1 Å². The van der Waals surface area contributed by atoms with Gasteiger partial charge in [0.25, 0.3) is 0 Å². The molecular formula is C110H152N8O11. The highest BCUT2D eigenvalue weighted by Gasteiger charge is 2.44. The maximum Gasteiger partial charge on any atom is 0.373 e. The lowest BCUT2D eigenvalue weighted by Gasteiger charge is -2.43. The molecule has 8 aromatic rings. The van der Waals surface area contributed by atoms with Gasteiger partial charge in [0.05, 0.1) is 65.1 Å². The van der Waals surface area contributed by atoms with Gasteiger partial charge >= 0.3 is 24.1 Å². The highest BCUT2D eigenvalue weighted by Crippen LogP contribution is 2.55. The van der Waals surface area contributed by atoms with Gasteiger partial charge in [0.1, 0.15) is 17.2 Å². The first-order valence-electron chi connectivity index (χ1n) is 45.2. The first-order chi connectivity index (χ1) is 59.2. The number of hydrogen-bond donors (Lipinski definition) is 3. The molecule has 1 aliphatic heterocycles. The molecule has 0 radical (unpaired) electrons. The fourth-order valence-electron chi connectivity index (χ4n) is 17.7. The number of carbonyl (C=O) groups excluding carboxylic acids is 2. The number of aryl methyl sites for hydroxylation is 1. The van der Waals surface area contributed by atoms with Crippen LogP contribution in [0, 0.1) is 6.92 Å². The molecule has 4 aliphatic carbocycles. The Morgan fingerprint density at radius 3 is 1.24 bits per heavy atom. The number of benzene rings is 6. The number of aliphatic carboxylic acids is 1. The van der Waals surface area contributed by atoms with Crippen molar-refractivity contribution in [3.8, 4) is 17.2 Å². The lowest BCUT2D eigenvalue weighted by atomic mass is 9.62. The predicted octanol–water partition coefficient (Wildman–Crippen LogP) is 27.8. The van der Waals surface area contributed by atoms with Gasteiger partial charge in [-0.05, 0) is 257 Å². The van der Waals surface area contributed by atoms with Crippen LogP contribution in [0.2, 0.25) is 0 Å². The average Bonchev–Trinajstić information content (AvgIpc) is 1.66. The summed E-state index contributed by atoms with van der Waals surface area (Å²) >= 11 is 0. The van der Waals surface area contributed by atoms with Gasteiger partial charge in [0, 0.05) is 68.7 Å². The largest absolute Gasteiger partial charge is 0.493 e. The Hall–Kier alpha value is -11.0. The summed E-state index contributed by atoms with van der Waals surface area (Å²) in [5.41, 5.74) is 25.0. The lowest BCUT2D eigenvalue weighted by Crippen LogP contribution is -2.34. The Bertz CT molecular complexity index is 5350. The number of carbonyl (C=O) groups is 3. The first-order valence-corrected chi connectivity index (χ1v) is 45.2. The van der Waals surface area contributed by atoms with Crippen LogP contribution in [0.3, 0.4) is 0 Å². The third-order valence-electron chi connectivity index (χ3n) is 26.5. The van der Waals surface area contributed by atoms with Crippen LogP contribution in [0.25, 0.3) is 5.57 Å². The third-order valence-corrected chi connectivity index (χ3v) is 26.5. The van der Waals surface area contributed by atoms with Gasteiger partial charge in [-0.25, -0.2) is 39.3 Å². The number of carboxylic acids is 3. The molecule has 5 aliphatic rings. The number of rotatable bonds is 25. The number of unbranched alkanes of at least 4 members (excludes halogenated alkanes) is 5. The standard InChI is InChI=1S/C29H32N2.C26H37N3O3.C26H36O3.C25H35N3O3.CO2.3CH4/c1-19-12-13-25-24(16-19)30-27(20-10-8-7-9-11-20)21-17-22-23(18-26(21)31(25)6)29(4,5)15-14-28(22,2)3;1-7-8-9-10-13-32-22-15-20-19(25(2,3)11-12-26(20,4)5)14-21(22)29(6)24-27-16-18(17-28-24)23(30)31;1-8-14-29-23-17-22-21(25(4,5)12-13-26(22,6)7)16-20(23)19(3)11-9-10-18(2)15-24(27)28;1-7-8-9-12-31-21-14-19-18(24(2,3)10-11-25(19,4)5)13-20(21)28(6)23-26-15-17(16-27-23)22(29)30;2-1-3;;;/h7-13,16-18H,14-15H2,1-6H3;14-17H,7-13H2,1-6H3,(H,30,31);9-11,15-17H,8,12-14H2,1-7H3,(H,27,28);13-16H,7-12H2,1-6H3,(H,29,30);;3*1H4/b;;10-9+,18-15+,19-11-;;;;;. The molecule has 0 spiro atoms. The predicted molar refractivity (Wildman–Crippen MR) is 532 cm³/mol. The molecule has 13 rings (SSSR count). The second kappa shape index (κ2) is 44.5. The van der Waals surface area contributed by atoms with Crippen molar-refractivity contribution in [1.29, 1.82) is 0 Å². The normalized spacial score (nSPS) is 16.7. The molecule has 0 atom stereocenters. The fraction of sp³-hybridized carbons (Fsp3) is 0.500. The molecule has 0 amide bonds. The van der Waals surface area contributed by atoms with E-state index in [0.717, 1.165) is 121 Å². The molecule has 0 saturated heterocycles. The summed E-state index contributed by atoms with van der Waals surface area (Å²) in [7, 11) is 5.99. The van der Waals surface area contributed by atoms with E-state index in [4.69, 9.17) is 44.1 Å². The molecule has 0 bridgehead atoms. The SMILES string of the molecule is C.C.C.CCCCCCOc1cc2c(cc1N(C)c1ncc(C(=O)O)cn1)C(C)(C)CCC2(C)C.CCCCCOc1cc2c(cc1N(C)c1ncc(C(=O)O)cn1)C(C)(C)CCC2(C)C.CCCOc1cc2c(cc1\C(C)=C/C=C/C(C)=C/C(=O)O)C(C)(C)CCC2(C)C.Cc1ccc2c(c1)N=C(c1ccccc1)c1cc3c(cc1N2C)C(C)(C)CCC3(C)C.O=C=O. The summed E-state index contributed by atoms with van der Waals surface area (Å²) in [6, 6.07) is 35.6. The van der Waals surface area contributed by atoms with E-state index in [9.17, 15) is 14.4 Å². The molecule has 0 fully saturated rings. The van der Waals surface area contributed by atoms with Crippen LogP contribution in [0.1, 0.15) is 358 Å². The number of allylic oxidation sites excluding steroid dienone is 5. The van der Waals surface area contributed by atoms with Crippen molar-refractivity contribution in [2.24, 2.45) is 4.99 Å². The van der Waals surface area contributed by atoms with E-state index >= 15 is 0 Å². The molecule has 2 aromatic heterocycles. The van der Waals surface area contributed by atoms with Gasteiger partial charge in [-0.15, -0.1) is 0 Å². The van der Waals surface area contributed by atoms with E-state index in [1.54, 1.807) is 6.92 Å². The number of aromatic carboxylic acids is 2. The summed E-state index contributed by atoms with van der Waals surface area (Å²) < 4.78 is 18.8. The average molecular weight is 1760 g/mol. The van der Waals surface area contributed by atoms with Crippen molar-refractivity contribution in [2.45, 2.75) is 321 Å². The first kappa shape index (κ1) is 107. The minimum absolute atomic E-state index is 0. The zero-order chi connectivity index (χ0) is 92.8. The fourth-order valence-corrected chi connectivity index (χ4v) is 17.7. The number of anilines is 6. The number of aliphatic imine (C=N–C) groups is 1. The van der Waals surface area contributed by atoms with Gasteiger partial charge in [0.15, 0.2) is 0 Å². The molecule has 0 saturated carbocycles. The van der Waals surface area contributed by atoms with Crippen LogP contribution in [0.5, 0.6) is 17.2 Å². The molecule has 19 nitrogen and oxygen atoms in total. The maximum atomic E-state index is 11.2. The van der Waals surface area contributed by atoms with E-state index in [0.29, 0.717) is 37.3 Å². The molecular weight excluding hydrogens is 1610 g/mol. The Labute approximate surface area is 772 Å². The molecule has 3 N–H and O–H groups in total. The lowest BCUT2D eigenvalue weighted by molar-refractivity contribution is -0.191. The summed E-state index contributed by atoms with van der Waals surface area (Å²) in [5, 5.41) is 27.2. The van der Waals surface area contributed by atoms with Gasteiger partial charge in [0.2, 0.25) is 11.9 Å². The van der Waals surface area contributed by atoms with Crippen LogP contribution in [-0.2, 0) is 57.7 Å². The monoisotopic (exact) mass is 1760 g/mol. The van der Waals surface area contributed by atoms with E-state index in [2.05, 4.69) is 274 Å². The summed E-state index contributed by atoms with van der Waals surface area (Å²) in [4.78, 5) is 77.9. The van der Waals surface area contributed by atoms with E-state index in [1.165, 1.54) is 136 Å². The van der Waals surface area contributed by atoms with Gasteiger partial charge in [-0.3, -0.25) is 0 Å². The Morgan fingerprint density at radius 1 is 0.465 bits per heavy atom. The molecule has 0 unspecified atom stereocenters. The number of fused-ring (bicyclic) bond motifs is 6. The van der Waals surface area contributed by atoms with Crippen molar-refractivity contribution in [3.63, 3.8) is 0 Å². The van der Waals surface area contributed by atoms with Crippen molar-refractivity contribution in [2.75, 3.05) is 55.7 Å². The molecule has 19 heteroatoms. The number of carboxylic acid groups (broad SMARTS) is 3. The van der Waals surface area contributed by atoms with Crippen molar-refractivity contribution in [3.05, 3.63) is 230 Å². The van der Waals surface area contributed by atoms with Crippen LogP contribution >= 0.6 is 0 Å². The number of nitrogens with zero attached hydrogens (tertiary/aromatic N) is 8. The van der Waals surface area contributed by atoms with Crippen LogP contribution in [0.15, 0.2) is 157 Å². The van der Waals surface area contributed by atoms with E-state index < -0.39 is 17.9 Å². The number of aromatic nitrogens is 4. The van der Waals surface area contributed by atoms with E-state index in [-0.39, 0.29) is 82.9 Å². The molecule has 3 heterocycles. The molecule has 6 aromatic carbocycles. The summed E-state index contributed by atoms with van der Waals surface area (Å²) in [6.07, 6.45) is 30.7. The third kappa shape index (κ3) is 25.8. The van der Waals surface area contributed by atoms with Crippen molar-refractivity contribution in [1.82, 2.24) is 19.9 Å². The smallest absolute Gasteiger partial charge is 0.373 e. The van der Waals surface area contributed by atoms with Crippen molar-refractivity contribution >= 4 is 75.7 Å². The second-order valence-electron chi connectivity index (χ2n) is 40.1. The topological polar surface area (TPSA) is 247 Å². The van der Waals surface area contributed by atoms with Gasteiger partial charge < -0.3 is 44.2 Å². The molecule has 129 heavy (non-hydrogen) atoms. The Morgan fingerprint density at radius 2 is 0.837 bits per heavy atom. The molecule has 698 valence electrons. The highest BCUT2D eigenvalue weighted by molar-refractivity contribution is 6.19. The van der Waals surface area contributed by atoms with Crippen LogP contribution in [0.4, 0.5) is 40.3 Å². The number of ether oxygens (including phenoxy) is 3.